The van der Waals surface area contributed by atoms with E-state index in [4.69, 9.17) is 0 Å². The molecule has 0 spiro atoms. The molecule has 1 aromatic carbocycles. The number of anilines is 1. The minimum Gasteiger partial charge on any atom is -0.340 e. The number of aromatic amines is 1. The normalized spacial score (nSPS) is 17.5. The number of hydrogen-bond acceptors (Lipinski definition) is 3. The van der Waals surface area contributed by atoms with E-state index >= 15 is 0 Å². The molecule has 2 heterocycles. The molecule has 3 rings (SSSR count). The van der Waals surface area contributed by atoms with E-state index in [1.165, 1.54) is 5.56 Å². The van der Waals surface area contributed by atoms with Gasteiger partial charge in [-0.3, -0.25) is 9.89 Å². The largest absolute Gasteiger partial charge is 0.340 e. The molecule has 1 aromatic heterocycles. The van der Waals surface area contributed by atoms with Crippen LogP contribution in [0.4, 0.5) is 5.82 Å². The Hall–Kier alpha value is -1.62. The van der Waals surface area contributed by atoms with E-state index in [-0.39, 0.29) is 11.2 Å². The van der Waals surface area contributed by atoms with Crippen molar-refractivity contribution in [2.45, 2.75) is 26.2 Å². The third-order valence-electron chi connectivity index (χ3n) is 4.78. The van der Waals surface area contributed by atoms with Gasteiger partial charge in [-0.05, 0) is 30.5 Å². The summed E-state index contributed by atoms with van der Waals surface area (Å²) in [7, 11) is 0. The smallest absolute Gasteiger partial charge is 0.171 e. The molecule has 0 bridgehead atoms. The summed E-state index contributed by atoms with van der Waals surface area (Å²) in [4.78, 5) is 13.2. The van der Waals surface area contributed by atoms with Crippen molar-refractivity contribution in [3.05, 3.63) is 46.1 Å². The number of ketones is 1. The van der Waals surface area contributed by atoms with Crippen LogP contribution in [0.1, 0.15) is 32.0 Å². The first-order valence-corrected chi connectivity index (χ1v) is 8.29. The molecule has 1 unspecified atom stereocenters. The lowest BCUT2D eigenvalue weighted by Gasteiger charge is -2.33. The first-order chi connectivity index (χ1) is 10.4. The average molecular weight is 362 g/mol. The summed E-state index contributed by atoms with van der Waals surface area (Å²) in [6.07, 6.45) is 0. The molecule has 0 aliphatic carbocycles. The van der Waals surface area contributed by atoms with Crippen LogP contribution in [0.15, 0.2) is 34.8 Å². The molecule has 0 radical (unpaired) electrons. The second-order valence-electron chi connectivity index (χ2n) is 6.40. The van der Waals surface area contributed by atoms with Gasteiger partial charge in [0.15, 0.2) is 11.6 Å². The maximum absolute atomic E-state index is 11.2. The SMILES string of the molecule is CC(C)C(C)(c1ccc(Br)cc1)c1cc(N2CC(=O)C2)n[nH]1. The molecule has 0 saturated carbocycles. The summed E-state index contributed by atoms with van der Waals surface area (Å²) >= 11 is 3.49. The first kappa shape index (κ1) is 15.3. The quantitative estimate of drug-likeness (QED) is 0.905. The van der Waals surface area contributed by atoms with Gasteiger partial charge in [0.05, 0.1) is 13.1 Å². The summed E-state index contributed by atoms with van der Waals surface area (Å²) in [5.41, 5.74) is 2.18. The molecule has 1 aliphatic rings. The highest BCUT2D eigenvalue weighted by Gasteiger charge is 2.35. The molecule has 5 heteroatoms. The summed E-state index contributed by atoms with van der Waals surface area (Å²) in [6, 6.07) is 10.5. The Morgan fingerprint density at radius 1 is 1.27 bits per heavy atom. The van der Waals surface area contributed by atoms with Gasteiger partial charge < -0.3 is 4.90 Å². The van der Waals surface area contributed by atoms with E-state index in [0.29, 0.717) is 19.0 Å². The van der Waals surface area contributed by atoms with E-state index in [9.17, 15) is 4.79 Å². The molecule has 22 heavy (non-hydrogen) atoms. The lowest BCUT2D eigenvalue weighted by atomic mass is 9.71. The number of hydrogen-bond donors (Lipinski definition) is 1. The fourth-order valence-corrected chi connectivity index (χ4v) is 3.14. The van der Waals surface area contributed by atoms with Crippen LogP contribution in [0.3, 0.4) is 0 Å². The van der Waals surface area contributed by atoms with Gasteiger partial charge >= 0.3 is 0 Å². The zero-order chi connectivity index (χ0) is 15.9. The highest BCUT2D eigenvalue weighted by atomic mass is 79.9. The monoisotopic (exact) mass is 361 g/mol. The fourth-order valence-electron chi connectivity index (χ4n) is 2.88. The van der Waals surface area contributed by atoms with E-state index < -0.39 is 0 Å². The van der Waals surface area contributed by atoms with Gasteiger partial charge in [-0.1, -0.05) is 41.9 Å². The van der Waals surface area contributed by atoms with Crippen molar-refractivity contribution in [3.8, 4) is 0 Å². The third kappa shape index (κ3) is 2.47. The number of halogens is 1. The zero-order valence-corrected chi connectivity index (χ0v) is 14.6. The number of carbonyl (C=O) groups is 1. The van der Waals surface area contributed by atoms with E-state index in [1.54, 1.807) is 0 Å². The van der Waals surface area contributed by atoms with E-state index in [1.807, 2.05) is 4.90 Å². The molecular formula is C17H20BrN3O. The Labute approximate surface area is 139 Å². The Morgan fingerprint density at radius 2 is 1.91 bits per heavy atom. The lowest BCUT2D eigenvalue weighted by molar-refractivity contribution is -0.119. The minimum absolute atomic E-state index is 0.152. The first-order valence-electron chi connectivity index (χ1n) is 7.50. The van der Waals surface area contributed by atoms with Gasteiger partial charge in [0.2, 0.25) is 0 Å². The molecular weight excluding hydrogens is 342 g/mol. The number of nitrogens with zero attached hydrogens (tertiary/aromatic N) is 2. The maximum Gasteiger partial charge on any atom is 0.171 e. The molecule has 1 atom stereocenters. The van der Waals surface area contributed by atoms with Gasteiger partial charge in [-0.2, -0.15) is 5.10 Å². The van der Waals surface area contributed by atoms with Crippen molar-refractivity contribution >= 4 is 27.5 Å². The van der Waals surface area contributed by atoms with Crippen molar-refractivity contribution in [2.24, 2.45) is 5.92 Å². The minimum atomic E-state index is -0.152. The molecule has 1 aliphatic heterocycles. The Balaban J connectivity index is 1.97. The molecule has 4 nitrogen and oxygen atoms in total. The molecule has 2 aromatic rings. The summed E-state index contributed by atoms with van der Waals surface area (Å²) in [5.74, 6) is 1.53. The van der Waals surface area contributed by atoms with Crippen molar-refractivity contribution < 1.29 is 4.79 Å². The highest BCUT2D eigenvalue weighted by molar-refractivity contribution is 9.10. The van der Waals surface area contributed by atoms with Gasteiger partial charge in [-0.25, -0.2) is 0 Å². The van der Waals surface area contributed by atoms with Crippen LogP contribution in [-0.2, 0) is 10.2 Å². The standard InChI is InChI=1S/C17H20BrN3O/c1-11(2)17(3,12-4-6-13(18)7-5-12)15-8-16(20-19-15)21-9-14(22)10-21/h4-8,11H,9-10H2,1-3H3,(H,19,20). The number of Topliss-reactive ketones (excluding diaryl/α,β-unsaturated/α-hetero) is 1. The molecule has 0 amide bonds. The number of nitrogens with one attached hydrogen (secondary N) is 1. The van der Waals surface area contributed by atoms with Gasteiger partial charge in [0.25, 0.3) is 0 Å². The fraction of sp³-hybridized carbons (Fsp3) is 0.412. The van der Waals surface area contributed by atoms with Crippen molar-refractivity contribution in [1.82, 2.24) is 10.2 Å². The molecule has 1 N–H and O–H groups in total. The Bertz CT molecular complexity index is 684. The predicted octanol–water partition coefficient (Wildman–Crippen LogP) is 3.52. The highest BCUT2D eigenvalue weighted by Crippen LogP contribution is 2.39. The zero-order valence-electron chi connectivity index (χ0n) is 13.1. The molecule has 1 fully saturated rings. The number of aromatic nitrogens is 2. The number of H-pyrrole nitrogens is 1. The Morgan fingerprint density at radius 3 is 2.45 bits per heavy atom. The molecule has 116 valence electrons. The molecule has 1 saturated heterocycles. The van der Waals surface area contributed by atoms with Gasteiger partial charge in [-0.15, -0.1) is 0 Å². The van der Waals surface area contributed by atoms with Crippen molar-refractivity contribution in [3.63, 3.8) is 0 Å². The van der Waals surface area contributed by atoms with Crippen LogP contribution in [0, 0.1) is 5.92 Å². The number of benzene rings is 1. The number of rotatable bonds is 4. The average Bonchev–Trinajstić information content (AvgIpc) is 2.93. The Kier molecular flexibility index (Phi) is 3.85. The van der Waals surface area contributed by atoms with Crippen LogP contribution in [0.5, 0.6) is 0 Å². The van der Waals surface area contributed by atoms with Gasteiger partial charge in [0, 0.05) is 21.6 Å². The maximum atomic E-state index is 11.2. The second kappa shape index (κ2) is 5.54. The van der Waals surface area contributed by atoms with E-state index in [0.717, 1.165) is 16.0 Å². The van der Waals surface area contributed by atoms with Crippen molar-refractivity contribution in [2.75, 3.05) is 18.0 Å². The summed E-state index contributed by atoms with van der Waals surface area (Å²) < 4.78 is 1.08. The van der Waals surface area contributed by atoms with Crippen molar-refractivity contribution in [1.29, 1.82) is 0 Å². The summed E-state index contributed by atoms with van der Waals surface area (Å²) in [5, 5.41) is 7.59. The van der Waals surface area contributed by atoms with Crippen LogP contribution < -0.4 is 4.90 Å². The van der Waals surface area contributed by atoms with Crippen LogP contribution >= 0.6 is 15.9 Å². The topological polar surface area (TPSA) is 49.0 Å². The number of carbonyl (C=O) groups excluding carboxylic acids is 1. The van der Waals surface area contributed by atoms with Crippen LogP contribution in [0.2, 0.25) is 0 Å². The predicted molar refractivity (Wildman–Crippen MR) is 91.2 cm³/mol. The van der Waals surface area contributed by atoms with Crippen LogP contribution in [0.25, 0.3) is 0 Å². The van der Waals surface area contributed by atoms with E-state index in [2.05, 4.69) is 77.2 Å². The van der Waals surface area contributed by atoms with Gasteiger partial charge in [0.1, 0.15) is 0 Å². The lowest BCUT2D eigenvalue weighted by Crippen LogP contribution is -2.47. The second-order valence-corrected chi connectivity index (χ2v) is 7.31. The third-order valence-corrected chi connectivity index (χ3v) is 5.31. The summed E-state index contributed by atoms with van der Waals surface area (Å²) in [6.45, 7) is 7.62. The van der Waals surface area contributed by atoms with Crippen LogP contribution in [-0.4, -0.2) is 29.1 Å².